The first-order valence-electron chi connectivity index (χ1n) is 10.4. The van der Waals surface area contributed by atoms with Gasteiger partial charge in [-0.3, -0.25) is 0 Å². The van der Waals surface area contributed by atoms with Crippen molar-refractivity contribution in [1.29, 1.82) is 0 Å². The SMILES string of the molecule is CC(C)(C)[Si](C)(C)OC1c2ccccc2-c2nc3ccc4ccccc4c3cc21. The fourth-order valence-corrected chi connectivity index (χ4v) is 5.26. The van der Waals surface area contributed by atoms with Gasteiger partial charge in [0, 0.05) is 16.5 Å². The van der Waals surface area contributed by atoms with Crippen molar-refractivity contribution >= 4 is 30.0 Å². The van der Waals surface area contributed by atoms with Crippen LogP contribution < -0.4 is 0 Å². The molecule has 5 rings (SSSR count). The molecule has 3 heteroatoms. The lowest BCUT2D eigenvalue weighted by Crippen LogP contribution is -2.41. The quantitative estimate of drug-likeness (QED) is 0.258. The summed E-state index contributed by atoms with van der Waals surface area (Å²) in [4.78, 5) is 5.13. The van der Waals surface area contributed by atoms with Gasteiger partial charge in [0.2, 0.25) is 0 Å². The summed E-state index contributed by atoms with van der Waals surface area (Å²) < 4.78 is 6.98. The van der Waals surface area contributed by atoms with E-state index in [1.165, 1.54) is 32.8 Å². The zero-order chi connectivity index (χ0) is 20.4. The average Bonchev–Trinajstić information content (AvgIpc) is 2.98. The van der Waals surface area contributed by atoms with Crippen molar-refractivity contribution < 1.29 is 4.43 Å². The highest BCUT2D eigenvalue weighted by atomic mass is 28.4. The smallest absolute Gasteiger partial charge is 0.193 e. The van der Waals surface area contributed by atoms with E-state index in [0.717, 1.165) is 11.2 Å². The highest BCUT2D eigenvalue weighted by Crippen LogP contribution is 2.49. The molecule has 1 aliphatic rings. The zero-order valence-corrected chi connectivity index (χ0v) is 18.8. The summed E-state index contributed by atoms with van der Waals surface area (Å²) in [5.41, 5.74) is 5.79. The molecule has 0 saturated heterocycles. The second-order valence-corrected chi connectivity index (χ2v) is 14.4. The monoisotopic (exact) mass is 397 g/mol. The summed E-state index contributed by atoms with van der Waals surface area (Å²) in [7, 11) is -1.96. The van der Waals surface area contributed by atoms with Gasteiger partial charge in [-0.1, -0.05) is 75.4 Å². The summed E-state index contributed by atoms with van der Waals surface area (Å²) in [5.74, 6) is 0. The number of nitrogens with zero attached hydrogens (tertiary/aromatic N) is 1. The van der Waals surface area contributed by atoms with E-state index in [9.17, 15) is 0 Å². The van der Waals surface area contributed by atoms with Crippen molar-refractivity contribution in [2.45, 2.75) is 45.0 Å². The van der Waals surface area contributed by atoms with Crippen molar-refractivity contribution in [2.24, 2.45) is 0 Å². The van der Waals surface area contributed by atoms with E-state index in [1.807, 2.05) is 0 Å². The highest BCUT2D eigenvalue weighted by molar-refractivity contribution is 6.74. The van der Waals surface area contributed by atoms with Gasteiger partial charge in [0.05, 0.1) is 17.3 Å². The Bertz CT molecular complexity index is 1250. The van der Waals surface area contributed by atoms with Crippen molar-refractivity contribution in [1.82, 2.24) is 4.98 Å². The maximum Gasteiger partial charge on any atom is 0.193 e. The van der Waals surface area contributed by atoms with Crippen LogP contribution in [0.25, 0.3) is 32.9 Å². The van der Waals surface area contributed by atoms with Gasteiger partial charge in [0.15, 0.2) is 8.32 Å². The van der Waals surface area contributed by atoms with Gasteiger partial charge in [0.25, 0.3) is 0 Å². The zero-order valence-electron chi connectivity index (χ0n) is 17.8. The highest BCUT2D eigenvalue weighted by Gasteiger charge is 2.42. The molecule has 4 aromatic rings. The van der Waals surface area contributed by atoms with Crippen LogP contribution in [0.3, 0.4) is 0 Å². The Labute approximate surface area is 173 Å². The Kier molecular flexibility index (Phi) is 3.99. The first-order valence-corrected chi connectivity index (χ1v) is 13.3. The van der Waals surface area contributed by atoms with Gasteiger partial charge < -0.3 is 4.43 Å². The molecule has 146 valence electrons. The molecule has 0 spiro atoms. The minimum atomic E-state index is -1.96. The molecule has 1 atom stereocenters. The maximum absolute atomic E-state index is 6.98. The number of hydrogen-bond acceptors (Lipinski definition) is 2. The standard InChI is InChI=1S/C26H27NOSi/c1-26(2,3)29(4,5)28-25-20-13-9-8-12-19(20)24-22(25)16-21-18-11-7-6-10-17(18)14-15-23(21)27-24/h6-16,25H,1-5H3. The number of rotatable bonds is 2. The van der Waals surface area contributed by atoms with Gasteiger partial charge in [-0.2, -0.15) is 0 Å². The van der Waals surface area contributed by atoms with Gasteiger partial charge in [-0.25, -0.2) is 4.98 Å². The largest absolute Gasteiger partial charge is 0.406 e. The van der Waals surface area contributed by atoms with Gasteiger partial charge in [0.1, 0.15) is 0 Å². The van der Waals surface area contributed by atoms with Crippen LogP contribution in [0.4, 0.5) is 0 Å². The predicted octanol–water partition coefficient (Wildman–Crippen LogP) is 7.48. The van der Waals surface area contributed by atoms with Crippen LogP contribution in [0.5, 0.6) is 0 Å². The first kappa shape index (κ1) is 18.5. The molecule has 2 nitrogen and oxygen atoms in total. The van der Waals surface area contributed by atoms with Crippen LogP contribution in [0.1, 0.15) is 38.0 Å². The molecule has 0 aliphatic heterocycles. The summed E-state index contributed by atoms with van der Waals surface area (Å²) in [6.45, 7) is 11.6. The van der Waals surface area contributed by atoms with E-state index in [1.54, 1.807) is 0 Å². The Morgan fingerprint density at radius 1 is 0.828 bits per heavy atom. The summed E-state index contributed by atoms with van der Waals surface area (Å²) >= 11 is 0. The molecule has 29 heavy (non-hydrogen) atoms. The number of benzene rings is 3. The molecule has 1 heterocycles. The second kappa shape index (κ2) is 6.25. The number of fused-ring (bicyclic) bond motifs is 6. The van der Waals surface area contributed by atoms with Crippen LogP contribution in [0, 0.1) is 0 Å². The molecule has 3 aromatic carbocycles. The molecule has 0 amide bonds. The number of pyridine rings is 1. The van der Waals surface area contributed by atoms with E-state index in [-0.39, 0.29) is 11.1 Å². The van der Waals surface area contributed by atoms with Crippen LogP contribution >= 0.6 is 0 Å². The van der Waals surface area contributed by atoms with Crippen LogP contribution in [0.15, 0.2) is 66.7 Å². The van der Waals surface area contributed by atoms with Gasteiger partial charge in [-0.05, 0) is 46.6 Å². The van der Waals surface area contributed by atoms with E-state index < -0.39 is 8.32 Å². The number of hydrogen-bond donors (Lipinski definition) is 0. The lowest BCUT2D eigenvalue weighted by Gasteiger charge is -2.38. The van der Waals surface area contributed by atoms with Crippen molar-refractivity contribution in [3.63, 3.8) is 0 Å². The van der Waals surface area contributed by atoms with E-state index in [2.05, 4.69) is 101 Å². The first-order chi connectivity index (χ1) is 13.8. The molecule has 0 radical (unpaired) electrons. The van der Waals surface area contributed by atoms with Crippen LogP contribution in [-0.4, -0.2) is 13.3 Å². The molecule has 0 fully saturated rings. The van der Waals surface area contributed by atoms with E-state index >= 15 is 0 Å². The molecule has 1 aromatic heterocycles. The van der Waals surface area contributed by atoms with Crippen LogP contribution in [-0.2, 0) is 4.43 Å². The third-order valence-corrected chi connectivity index (χ3v) is 11.2. The molecular weight excluding hydrogens is 370 g/mol. The third-order valence-electron chi connectivity index (χ3n) is 6.75. The molecular formula is C26H27NOSi. The summed E-state index contributed by atoms with van der Waals surface area (Å²) in [5, 5.41) is 3.86. The van der Waals surface area contributed by atoms with Crippen molar-refractivity contribution in [3.05, 3.63) is 77.9 Å². The fraction of sp³-hybridized carbons (Fsp3) is 0.269. The Hall–Kier alpha value is -2.49. The minimum Gasteiger partial charge on any atom is -0.406 e. The average molecular weight is 398 g/mol. The Morgan fingerprint density at radius 2 is 1.55 bits per heavy atom. The fourth-order valence-electron chi connectivity index (χ4n) is 4.06. The Morgan fingerprint density at radius 3 is 2.34 bits per heavy atom. The third kappa shape index (κ3) is 2.84. The maximum atomic E-state index is 6.98. The predicted molar refractivity (Wildman–Crippen MR) is 125 cm³/mol. The minimum absolute atomic E-state index is 0.0436. The second-order valence-electron chi connectivity index (χ2n) is 9.63. The molecule has 1 unspecified atom stereocenters. The molecule has 0 bridgehead atoms. The molecule has 0 saturated carbocycles. The normalized spacial score (nSPS) is 16.2. The topological polar surface area (TPSA) is 22.1 Å². The Balaban J connectivity index is 1.76. The van der Waals surface area contributed by atoms with Crippen LogP contribution in [0.2, 0.25) is 18.1 Å². The van der Waals surface area contributed by atoms with Crippen molar-refractivity contribution in [2.75, 3.05) is 0 Å². The lowest BCUT2D eigenvalue weighted by atomic mass is 10.0. The summed E-state index contributed by atoms with van der Waals surface area (Å²) in [6.07, 6.45) is -0.0436. The van der Waals surface area contributed by atoms with E-state index in [0.29, 0.717) is 0 Å². The van der Waals surface area contributed by atoms with Crippen molar-refractivity contribution in [3.8, 4) is 11.3 Å². The molecule has 1 aliphatic carbocycles. The van der Waals surface area contributed by atoms with Gasteiger partial charge in [-0.15, -0.1) is 0 Å². The summed E-state index contributed by atoms with van der Waals surface area (Å²) in [6, 6.07) is 23.8. The van der Waals surface area contributed by atoms with Gasteiger partial charge >= 0.3 is 0 Å². The molecule has 0 N–H and O–H groups in total. The van der Waals surface area contributed by atoms with E-state index in [4.69, 9.17) is 9.41 Å². The lowest BCUT2D eigenvalue weighted by molar-refractivity contribution is 0.226. The number of aromatic nitrogens is 1.